The minimum atomic E-state index is -0.607. The molecule has 0 radical (unpaired) electrons. The molecule has 0 saturated carbocycles. The number of rotatable bonds is 3. The predicted molar refractivity (Wildman–Crippen MR) is 116 cm³/mol. The van der Waals surface area contributed by atoms with Crippen molar-refractivity contribution in [3.05, 3.63) is 39.0 Å². The molecule has 0 spiro atoms. The zero-order chi connectivity index (χ0) is 18.7. The number of halogens is 2. The van der Waals surface area contributed by atoms with Crippen molar-refractivity contribution in [1.29, 1.82) is 0 Å². The molecule has 10 heteroatoms. The molecule has 0 aliphatic carbocycles. The van der Waals surface area contributed by atoms with E-state index < -0.39 is 12.1 Å². The highest BCUT2D eigenvalue weighted by molar-refractivity contribution is 9.13. The highest BCUT2D eigenvalue weighted by Gasteiger charge is 2.26. The molecule has 1 saturated heterocycles. The maximum absolute atomic E-state index is 12.3. The van der Waals surface area contributed by atoms with Crippen molar-refractivity contribution in [2.24, 2.45) is 5.73 Å². The lowest BCUT2D eigenvalue weighted by molar-refractivity contribution is -0.128. The first-order chi connectivity index (χ1) is 12.5. The van der Waals surface area contributed by atoms with E-state index in [-0.39, 0.29) is 11.8 Å². The van der Waals surface area contributed by atoms with Gasteiger partial charge in [-0.2, -0.15) is 0 Å². The van der Waals surface area contributed by atoms with Crippen molar-refractivity contribution in [2.75, 3.05) is 11.5 Å². The summed E-state index contributed by atoms with van der Waals surface area (Å²) in [5.41, 5.74) is 7.68. The summed E-state index contributed by atoms with van der Waals surface area (Å²) in [7, 11) is 3.04. The fourth-order valence-corrected chi connectivity index (χ4v) is 5.34. The van der Waals surface area contributed by atoms with E-state index in [2.05, 4.69) is 47.5 Å². The fraction of sp³-hybridized carbons (Fsp3) is 0.250. The highest BCUT2D eigenvalue weighted by Crippen LogP contribution is 2.30. The second-order valence-corrected chi connectivity index (χ2v) is 9.90. The third-order valence-corrected chi connectivity index (χ3v) is 8.07. The van der Waals surface area contributed by atoms with Crippen LogP contribution in [0.5, 0.6) is 0 Å². The largest absolute Gasteiger partial charge is 0.361 e. The minimum Gasteiger partial charge on any atom is -0.361 e. The number of aromatic nitrogens is 1. The maximum Gasteiger partial charge on any atom is 0.247 e. The number of fused-ring (bicyclic) bond motifs is 1. The van der Waals surface area contributed by atoms with Gasteiger partial charge >= 0.3 is 0 Å². The van der Waals surface area contributed by atoms with Crippen LogP contribution in [-0.4, -0.2) is 40.4 Å². The normalized spacial score (nSPS) is 21.4. The number of carbonyl (C=O) groups excluding carboxylic acids is 2. The van der Waals surface area contributed by atoms with E-state index in [1.807, 2.05) is 24.4 Å². The lowest BCUT2D eigenvalue weighted by Crippen LogP contribution is -2.53. The van der Waals surface area contributed by atoms with E-state index in [1.165, 1.54) is 21.6 Å². The van der Waals surface area contributed by atoms with Gasteiger partial charge in [-0.05, 0) is 50.1 Å². The lowest BCUT2D eigenvalue weighted by atomic mass is 10.2. The van der Waals surface area contributed by atoms with Gasteiger partial charge in [0.2, 0.25) is 11.8 Å². The summed E-state index contributed by atoms with van der Waals surface area (Å²) in [6, 6.07) is 2.78. The molecular formula is C16H16Br2N4O2S2. The summed E-state index contributed by atoms with van der Waals surface area (Å²) >= 11 is 6.97. The van der Waals surface area contributed by atoms with Crippen molar-refractivity contribution < 1.29 is 9.59 Å². The molecule has 1 fully saturated rings. The molecule has 1 aromatic carbocycles. The van der Waals surface area contributed by atoms with Crippen LogP contribution in [0.2, 0.25) is 0 Å². The van der Waals surface area contributed by atoms with Crippen LogP contribution in [0, 0.1) is 0 Å². The number of nitrogens with two attached hydrogens (primary N) is 1. The standard InChI is InChI=1S/C16H16Br2N4O2S2/c17-10-3-9-8(5-21-13(9)4-11(10)18)1-2-20-16(24)14-7-26-25-6-12(19)15(23)22-14/h1-5,12,14,21H,6-7,19H2,(H,20,24)(H,22,23)/b2-1+/t12-,14-/m0/s1. The molecule has 2 aromatic rings. The average Bonchev–Trinajstić information content (AvgIpc) is 2.98. The van der Waals surface area contributed by atoms with Crippen LogP contribution in [-0.2, 0) is 9.59 Å². The highest BCUT2D eigenvalue weighted by atomic mass is 79.9. The van der Waals surface area contributed by atoms with Crippen LogP contribution in [0.1, 0.15) is 5.56 Å². The molecule has 1 aliphatic heterocycles. The van der Waals surface area contributed by atoms with Gasteiger partial charge in [-0.3, -0.25) is 9.59 Å². The van der Waals surface area contributed by atoms with E-state index in [1.54, 1.807) is 6.20 Å². The Bertz CT molecular complexity index is 871. The Balaban J connectivity index is 1.67. The summed E-state index contributed by atoms with van der Waals surface area (Å²) in [4.78, 5) is 27.4. The van der Waals surface area contributed by atoms with E-state index in [0.717, 1.165) is 25.4 Å². The van der Waals surface area contributed by atoms with Crippen LogP contribution in [0.4, 0.5) is 0 Å². The molecular weight excluding hydrogens is 504 g/mol. The molecule has 1 aromatic heterocycles. The lowest BCUT2D eigenvalue weighted by Gasteiger charge is -2.22. The number of hydrogen-bond donors (Lipinski definition) is 4. The Labute approximate surface area is 175 Å². The van der Waals surface area contributed by atoms with Crippen molar-refractivity contribution in [3.63, 3.8) is 0 Å². The number of nitrogens with one attached hydrogen (secondary N) is 3. The van der Waals surface area contributed by atoms with E-state index in [9.17, 15) is 9.59 Å². The van der Waals surface area contributed by atoms with E-state index >= 15 is 0 Å². The molecule has 1 aliphatic rings. The molecule has 2 atom stereocenters. The van der Waals surface area contributed by atoms with Crippen molar-refractivity contribution in [1.82, 2.24) is 15.6 Å². The Morgan fingerprint density at radius 3 is 2.81 bits per heavy atom. The predicted octanol–water partition coefficient (Wildman–Crippen LogP) is 2.99. The first-order valence-electron chi connectivity index (χ1n) is 7.69. The summed E-state index contributed by atoms with van der Waals surface area (Å²) in [5.74, 6) is 0.475. The molecule has 0 bridgehead atoms. The second kappa shape index (κ2) is 8.83. The van der Waals surface area contributed by atoms with E-state index in [4.69, 9.17) is 5.73 Å². The Kier molecular flexibility index (Phi) is 6.73. The molecule has 6 nitrogen and oxygen atoms in total. The molecule has 26 heavy (non-hydrogen) atoms. The van der Waals surface area contributed by atoms with Crippen LogP contribution in [0.15, 0.2) is 33.5 Å². The topological polar surface area (TPSA) is 100 Å². The number of carbonyl (C=O) groups is 2. The van der Waals surface area contributed by atoms with Crippen molar-refractivity contribution >= 4 is 82.2 Å². The van der Waals surface area contributed by atoms with Crippen molar-refractivity contribution in [2.45, 2.75) is 12.1 Å². The van der Waals surface area contributed by atoms with E-state index in [0.29, 0.717) is 11.5 Å². The molecule has 3 rings (SSSR count). The van der Waals surface area contributed by atoms with Gasteiger partial charge in [0.25, 0.3) is 0 Å². The first-order valence-corrected chi connectivity index (χ1v) is 11.8. The number of H-pyrrole nitrogens is 1. The smallest absolute Gasteiger partial charge is 0.247 e. The van der Waals surface area contributed by atoms with Crippen LogP contribution < -0.4 is 16.4 Å². The molecule has 138 valence electrons. The Hall–Kier alpha value is -0.940. The number of benzene rings is 1. The van der Waals surface area contributed by atoms with Gasteiger partial charge in [0.05, 0.1) is 6.04 Å². The van der Waals surface area contributed by atoms with Gasteiger partial charge in [0, 0.05) is 49.3 Å². The monoisotopic (exact) mass is 518 g/mol. The number of aromatic amines is 1. The minimum absolute atomic E-state index is 0.263. The molecule has 5 N–H and O–H groups in total. The third kappa shape index (κ3) is 4.66. The third-order valence-electron chi connectivity index (χ3n) is 3.78. The van der Waals surface area contributed by atoms with Crippen LogP contribution >= 0.6 is 53.4 Å². The van der Waals surface area contributed by atoms with Gasteiger partial charge in [-0.15, -0.1) is 0 Å². The summed E-state index contributed by atoms with van der Waals surface area (Å²) in [5, 5.41) is 6.46. The first kappa shape index (κ1) is 19.8. The van der Waals surface area contributed by atoms with Gasteiger partial charge in [-0.1, -0.05) is 21.6 Å². The summed E-state index contributed by atoms with van der Waals surface area (Å²) in [6.07, 6.45) is 5.27. The average molecular weight is 520 g/mol. The van der Waals surface area contributed by atoms with Gasteiger partial charge < -0.3 is 21.4 Å². The molecule has 2 heterocycles. The quantitative estimate of drug-likeness (QED) is 0.467. The SMILES string of the molecule is N[C@H]1CSSC[C@@H](C(=O)N/C=C/c2c[nH]c3cc(Br)c(Br)cc23)NC1=O. The maximum atomic E-state index is 12.3. The Morgan fingerprint density at radius 1 is 1.27 bits per heavy atom. The summed E-state index contributed by atoms with van der Waals surface area (Å²) < 4.78 is 1.91. The summed E-state index contributed by atoms with van der Waals surface area (Å²) in [6.45, 7) is 0. The van der Waals surface area contributed by atoms with Gasteiger partial charge in [-0.25, -0.2) is 0 Å². The zero-order valence-corrected chi connectivity index (χ0v) is 18.2. The number of hydrogen-bond acceptors (Lipinski definition) is 5. The Morgan fingerprint density at radius 2 is 2.00 bits per heavy atom. The second-order valence-electron chi connectivity index (χ2n) is 5.63. The molecule has 2 amide bonds. The van der Waals surface area contributed by atoms with Gasteiger partial charge in [0.1, 0.15) is 6.04 Å². The van der Waals surface area contributed by atoms with Crippen LogP contribution in [0.25, 0.3) is 17.0 Å². The van der Waals surface area contributed by atoms with Gasteiger partial charge in [0.15, 0.2) is 0 Å². The molecule has 0 unspecified atom stereocenters. The van der Waals surface area contributed by atoms with Crippen molar-refractivity contribution in [3.8, 4) is 0 Å². The zero-order valence-electron chi connectivity index (χ0n) is 13.4. The fourth-order valence-electron chi connectivity index (χ4n) is 2.37. The number of amides is 2. The van der Waals surface area contributed by atoms with Crippen LogP contribution in [0.3, 0.4) is 0 Å².